The number of hydrogen-bond acceptors (Lipinski definition) is 8. The highest BCUT2D eigenvalue weighted by atomic mass is 32.2. The summed E-state index contributed by atoms with van der Waals surface area (Å²) in [7, 11) is -3.86. The summed E-state index contributed by atoms with van der Waals surface area (Å²) in [6.45, 7) is 3.32. The molecule has 0 aliphatic carbocycles. The Balaban J connectivity index is 4.82. The molecule has 0 heterocycles. The van der Waals surface area contributed by atoms with Gasteiger partial charge in [-0.05, 0) is 13.8 Å². The molecule has 18 heavy (non-hydrogen) atoms. The molecule has 0 rings (SSSR count). The Labute approximate surface area is 105 Å². The van der Waals surface area contributed by atoms with E-state index in [1.165, 1.54) is 0 Å². The van der Waals surface area contributed by atoms with Crippen molar-refractivity contribution in [1.82, 2.24) is 0 Å². The van der Waals surface area contributed by atoms with E-state index < -0.39 is 34.2 Å². The van der Waals surface area contributed by atoms with Gasteiger partial charge in [-0.1, -0.05) is 5.16 Å². The zero-order chi connectivity index (χ0) is 14.2. The predicted octanol–water partition coefficient (Wildman–Crippen LogP) is -0.165. The molecule has 0 aliphatic rings. The van der Waals surface area contributed by atoms with Crippen LogP contribution < -0.4 is 0 Å². The molecule has 0 radical (unpaired) electrons. The zero-order valence-corrected chi connectivity index (χ0v) is 11.2. The lowest BCUT2D eigenvalue weighted by Crippen LogP contribution is -2.23. The average Bonchev–Trinajstić information content (AvgIpc) is 2.23. The molecule has 0 amide bonds. The number of ether oxygens (including phenoxy) is 2. The quantitative estimate of drug-likeness (QED) is 0.362. The Morgan fingerprint density at radius 2 is 1.67 bits per heavy atom. The Bertz CT molecular complexity index is 426. The van der Waals surface area contributed by atoms with E-state index >= 15 is 0 Å². The lowest BCUT2D eigenvalue weighted by molar-refractivity contribution is -0.143. The van der Waals surface area contributed by atoms with Crippen LogP contribution in [0.5, 0.6) is 0 Å². The monoisotopic (exact) mass is 281 g/mol. The van der Waals surface area contributed by atoms with E-state index in [0.29, 0.717) is 0 Å². The summed E-state index contributed by atoms with van der Waals surface area (Å²) in [6.07, 6.45) is 0.228. The van der Waals surface area contributed by atoms with Gasteiger partial charge in [0, 0.05) is 0 Å². The Morgan fingerprint density at radius 1 is 1.11 bits per heavy atom. The second kappa shape index (κ2) is 7.64. The van der Waals surface area contributed by atoms with E-state index in [4.69, 9.17) is 0 Å². The molecule has 0 spiro atoms. The van der Waals surface area contributed by atoms with Crippen LogP contribution in [0.1, 0.15) is 20.3 Å². The third-order valence-corrected chi connectivity index (χ3v) is 1.76. The molecule has 0 aromatic rings. The van der Waals surface area contributed by atoms with Crippen molar-refractivity contribution < 1.29 is 31.8 Å². The standard InChI is InChI=1S/C9H15NO7S/c1-4-15-8(11)6-7(9(12)16-5-2)10-17-18(3,13)14/h4-6H2,1-3H3/b10-7-. The summed E-state index contributed by atoms with van der Waals surface area (Å²) in [6, 6.07) is 0. The molecule has 0 saturated carbocycles. The van der Waals surface area contributed by atoms with Gasteiger partial charge in [0.1, 0.15) is 0 Å². The topological polar surface area (TPSA) is 108 Å². The van der Waals surface area contributed by atoms with Gasteiger partial charge in [0.15, 0.2) is 5.71 Å². The Morgan fingerprint density at radius 3 is 2.11 bits per heavy atom. The summed E-state index contributed by atoms with van der Waals surface area (Å²) in [4.78, 5) is 22.5. The van der Waals surface area contributed by atoms with Crippen molar-refractivity contribution in [2.45, 2.75) is 20.3 Å². The second-order valence-electron chi connectivity index (χ2n) is 3.02. The number of hydrogen-bond donors (Lipinski definition) is 0. The first kappa shape index (κ1) is 16.4. The van der Waals surface area contributed by atoms with Crippen molar-refractivity contribution in [1.29, 1.82) is 0 Å². The maximum Gasteiger partial charge on any atom is 0.356 e. The van der Waals surface area contributed by atoms with Crippen molar-refractivity contribution >= 4 is 27.8 Å². The minimum absolute atomic E-state index is 0.0551. The van der Waals surface area contributed by atoms with E-state index in [1.54, 1.807) is 13.8 Å². The molecule has 0 saturated heterocycles. The number of carbonyl (C=O) groups excluding carboxylic acids is 2. The van der Waals surface area contributed by atoms with Crippen LogP contribution in [0.25, 0.3) is 0 Å². The summed E-state index contributed by atoms with van der Waals surface area (Å²) in [5, 5.41) is 3.09. The normalized spacial score (nSPS) is 11.8. The summed E-state index contributed by atoms with van der Waals surface area (Å²) in [5.41, 5.74) is -0.472. The molecule has 0 unspecified atom stereocenters. The van der Waals surface area contributed by atoms with Crippen LogP contribution in [-0.2, 0) is 33.5 Å². The predicted molar refractivity (Wildman–Crippen MR) is 61.2 cm³/mol. The lowest BCUT2D eigenvalue weighted by atomic mass is 10.3. The Hall–Kier alpha value is -1.64. The number of carbonyl (C=O) groups is 2. The highest BCUT2D eigenvalue weighted by Gasteiger charge is 2.20. The van der Waals surface area contributed by atoms with E-state index in [-0.39, 0.29) is 13.2 Å². The number of rotatable bonds is 7. The van der Waals surface area contributed by atoms with Gasteiger partial charge in [-0.2, -0.15) is 8.42 Å². The first-order valence-electron chi connectivity index (χ1n) is 5.08. The first-order chi connectivity index (χ1) is 8.30. The van der Waals surface area contributed by atoms with Gasteiger partial charge < -0.3 is 9.47 Å². The number of esters is 2. The highest BCUT2D eigenvalue weighted by molar-refractivity contribution is 7.85. The molecule has 8 nitrogen and oxygen atoms in total. The third kappa shape index (κ3) is 7.60. The van der Waals surface area contributed by atoms with Crippen LogP contribution in [-0.4, -0.2) is 45.5 Å². The van der Waals surface area contributed by atoms with Crippen molar-refractivity contribution in [2.24, 2.45) is 5.16 Å². The molecule has 0 fully saturated rings. The van der Waals surface area contributed by atoms with Crippen molar-refractivity contribution in [3.8, 4) is 0 Å². The molecule has 0 N–H and O–H groups in total. The van der Waals surface area contributed by atoms with Crippen molar-refractivity contribution in [3.63, 3.8) is 0 Å². The van der Waals surface area contributed by atoms with E-state index in [0.717, 1.165) is 6.26 Å². The summed E-state index contributed by atoms with van der Waals surface area (Å²) >= 11 is 0. The SMILES string of the molecule is CCOC(=O)C/C(=N/OS(C)(=O)=O)C(=O)OCC. The molecule has 0 atom stereocenters. The van der Waals surface area contributed by atoms with Gasteiger partial charge >= 0.3 is 22.1 Å². The molecule has 0 aromatic heterocycles. The van der Waals surface area contributed by atoms with Crippen LogP contribution in [0.4, 0.5) is 0 Å². The molecular formula is C9H15NO7S. The lowest BCUT2D eigenvalue weighted by Gasteiger charge is -2.05. The van der Waals surface area contributed by atoms with Crippen LogP contribution >= 0.6 is 0 Å². The molecular weight excluding hydrogens is 266 g/mol. The maximum absolute atomic E-state index is 11.4. The fourth-order valence-electron chi connectivity index (χ4n) is 0.818. The van der Waals surface area contributed by atoms with Crippen molar-refractivity contribution in [2.75, 3.05) is 19.5 Å². The van der Waals surface area contributed by atoms with Crippen LogP contribution in [0.3, 0.4) is 0 Å². The number of oxime groups is 1. The van der Waals surface area contributed by atoms with Crippen LogP contribution in [0.15, 0.2) is 5.16 Å². The Kier molecular flexibility index (Phi) is 6.94. The van der Waals surface area contributed by atoms with E-state index in [9.17, 15) is 18.0 Å². The third-order valence-electron chi connectivity index (χ3n) is 1.41. The minimum Gasteiger partial charge on any atom is -0.466 e. The second-order valence-corrected chi connectivity index (χ2v) is 4.58. The summed E-state index contributed by atoms with van der Waals surface area (Å²) in [5.74, 6) is -1.67. The average molecular weight is 281 g/mol. The molecule has 0 bridgehead atoms. The smallest absolute Gasteiger partial charge is 0.356 e. The van der Waals surface area contributed by atoms with Gasteiger partial charge in [-0.25, -0.2) is 4.79 Å². The summed E-state index contributed by atoms with van der Waals surface area (Å²) < 4.78 is 34.7. The van der Waals surface area contributed by atoms with Gasteiger partial charge in [-0.3, -0.25) is 9.08 Å². The molecule has 9 heteroatoms. The molecule has 0 aromatic carbocycles. The highest BCUT2D eigenvalue weighted by Crippen LogP contribution is 1.98. The van der Waals surface area contributed by atoms with Gasteiger partial charge in [0.25, 0.3) is 0 Å². The fraction of sp³-hybridized carbons (Fsp3) is 0.667. The van der Waals surface area contributed by atoms with Crippen LogP contribution in [0, 0.1) is 0 Å². The van der Waals surface area contributed by atoms with Crippen molar-refractivity contribution in [3.05, 3.63) is 0 Å². The number of nitrogens with zero attached hydrogens (tertiary/aromatic N) is 1. The minimum atomic E-state index is -3.86. The first-order valence-corrected chi connectivity index (χ1v) is 6.90. The van der Waals surface area contributed by atoms with E-state index in [2.05, 4.69) is 18.9 Å². The largest absolute Gasteiger partial charge is 0.466 e. The van der Waals surface area contributed by atoms with E-state index in [1.807, 2.05) is 0 Å². The molecule has 104 valence electrons. The van der Waals surface area contributed by atoms with Crippen LogP contribution in [0.2, 0.25) is 0 Å². The molecule has 0 aliphatic heterocycles. The zero-order valence-electron chi connectivity index (χ0n) is 10.3. The fourth-order valence-corrected chi connectivity index (χ4v) is 1.04. The maximum atomic E-state index is 11.4. The van der Waals surface area contributed by atoms with Gasteiger partial charge in [0.05, 0.1) is 25.9 Å². The van der Waals surface area contributed by atoms with Gasteiger partial charge in [-0.15, -0.1) is 0 Å². The van der Waals surface area contributed by atoms with Gasteiger partial charge in [0.2, 0.25) is 0 Å².